The van der Waals surface area contributed by atoms with E-state index in [9.17, 15) is 9.59 Å². The van der Waals surface area contributed by atoms with Crippen LogP contribution in [0.4, 0.5) is 0 Å². The number of hydrogen-bond acceptors (Lipinski definition) is 5. The van der Waals surface area contributed by atoms with Crippen LogP contribution in [0.15, 0.2) is 36.5 Å². The summed E-state index contributed by atoms with van der Waals surface area (Å²) in [5, 5.41) is -0.239. The molecule has 1 amide bonds. The maximum atomic E-state index is 11.9. The third-order valence-corrected chi connectivity index (χ3v) is 4.64. The van der Waals surface area contributed by atoms with Crippen LogP contribution in [0.25, 0.3) is 11.4 Å². The van der Waals surface area contributed by atoms with Gasteiger partial charge < -0.3 is 14.6 Å². The minimum Gasteiger partial charge on any atom is -0.468 e. The molecule has 3 rings (SSSR count). The van der Waals surface area contributed by atoms with Crippen molar-refractivity contribution in [3.05, 3.63) is 42.2 Å². The largest absolute Gasteiger partial charge is 0.468 e. The first kappa shape index (κ1) is 14.6. The van der Waals surface area contributed by atoms with Gasteiger partial charge in [-0.1, -0.05) is 30.3 Å². The van der Waals surface area contributed by atoms with E-state index in [1.807, 2.05) is 30.3 Å². The fourth-order valence-electron chi connectivity index (χ4n) is 2.29. The standard InChI is InChI=1S/C15H15N3O3S/c1-21-13(20)8-18-12(19)9-22-15(18)11-7-16-14(17-11)10-5-3-2-4-6-10/h2-7,15H,8-9H2,1H3,(H,16,17). The van der Waals surface area contributed by atoms with Crippen LogP contribution in [-0.4, -0.2) is 46.2 Å². The lowest BCUT2D eigenvalue weighted by molar-refractivity contribution is -0.146. The number of nitrogens with zero attached hydrogens (tertiary/aromatic N) is 2. The van der Waals surface area contributed by atoms with Crippen LogP contribution in [0.5, 0.6) is 0 Å². The topological polar surface area (TPSA) is 75.3 Å². The molecular weight excluding hydrogens is 302 g/mol. The van der Waals surface area contributed by atoms with Gasteiger partial charge in [-0.15, -0.1) is 11.8 Å². The number of esters is 1. The van der Waals surface area contributed by atoms with E-state index in [0.29, 0.717) is 5.75 Å². The fraction of sp³-hybridized carbons (Fsp3) is 0.267. The van der Waals surface area contributed by atoms with Crippen molar-refractivity contribution >= 4 is 23.6 Å². The van der Waals surface area contributed by atoms with Gasteiger partial charge in [0.25, 0.3) is 0 Å². The highest BCUT2D eigenvalue weighted by molar-refractivity contribution is 8.00. The molecule has 2 heterocycles. The molecule has 1 saturated heterocycles. The quantitative estimate of drug-likeness (QED) is 0.871. The molecule has 1 aliphatic heterocycles. The molecule has 1 aromatic carbocycles. The number of ether oxygens (including phenoxy) is 1. The number of aromatic amines is 1. The molecule has 0 saturated carbocycles. The van der Waals surface area contributed by atoms with Crippen LogP contribution in [0.3, 0.4) is 0 Å². The number of benzene rings is 1. The van der Waals surface area contributed by atoms with Crippen molar-refractivity contribution < 1.29 is 14.3 Å². The summed E-state index contributed by atoms with van der Waals surface area (Å²) in [6.45, 7) is -0.0489. The molecule has 0 bridgehead atoms. The number of amides is 1. The number of hydrogen-bond donors (Lipinski definition) is 1. The summed E-state index contributed by atoms with van der Waals surface area (Å²) in [6, 6.07) is 9.74. The lowest BCUT2D eigenvalue weighted by Gasteiger charge is -2.21. The summed E-state index contributed by atoms with van der Waals surface area (Å²) in [5.41, 5.74) is 1.78. The van der Waals surface area contributed by atoms with Gasteiger partial charge in [0.15, 0.2) is 0 Å². The van der Waals surface area contributed by atoms with Crippen LogP contribution in [0.1, 0.15) is 11.1 Å². The fourth-order valence-corrected chi connectivity index (χ4v) is 3.43. The normalized spacial score (nSPS) is 17.8. The molecule has 2 aromatic rings. The molecule has 1 atom stereocenters. The second kappa shape index (κ2) is 6.23. The Morgan fingerprint density at radius 1 is 1.45 bits per heavy atom. The molecule has 7 heteroatoms. The third kappa shape index (κ3) is 2.85. The van der Waals surface area contributed by atoms with Gasteiger partial charge in [-0.3, -0.25) is 9.59 Å². The van der Waals surface area contributed by atoms with Gasteiger partial charge in [0, 0.05) is 5.56 Å². The van der Waals surface area contributed by atoms with Gasteiger partial charge in [0.1, 0.15) is 17.7 Å². The second-order valence-corrected chi connectivity index (χ2v) is 5.88. The summed E-state index contributed by atoms with van der Waals surface area (Å²) in [4.78, 5) is 32.5. The van der Waals surface area contributed by atoms with Crippen molar-refractivity contribution in [2.24, 2.45) is 0 Å². The van der Waals surface area contributed by atoms with Crippen LogP contribution in [-0.2, 0) is 14.3 Å². The zero-order chi connectivity index (χ0) is 15.5. The number of rotatable bonds is 4. The molecule has 1 fully saturated rings. The van der Waals surface area contributed by atoms with E-state index in [-0.39, 0.29) is 17.8 Å². The van der Waals surface area contributed by atoms with E-state index in [1.165, 1.54) is 23.8 Å². The Labute approximate surface area is 131 Å². The molecule has 0 radical (unpaired) electrons. The van der Waals surface area contributed by atoms with Crippen molar-refractivity contribution in [2.75, 3.05) is 19.4 Å². The predicted octanol–water partition coefficient (Wildman–Crippen LogP) is 1.82. The Kier molecular flexibility index (Phi) is 4.15. The van der Waals surface area contributed by atoms with Crippen molar-refractivity contribution in [3.8, 4) is 11.4 Å². The van der Waals surface area contributed by atoms with E-state index >= 15 is 0 Å². The number of aromatic nitrogens is 2. The lowest BCUT2D eigenvalue weighted by atomic mass is 10.2. The van der Waals surface area contributed by atoms with Gasteiger partial charge in [0.05, 0.1) is 24.8 Å². The minimum absolute atomic E-state index is 0.0489. The van der Waals surface area contributed by atoms with Crippen LogP contribution in [0.2, 0.25) is 0 Å². The smallest absolute Gasteiger partial charge is 0.325 e. The van der Waals surface area contributed by atoms with Crippen molar-refractivity contribution in [1.82, 2.24) is 14.9 Å². The van der Waals surface area contributed by atoms with E-state index in [1.54, 1.807) is 6.20 Å². The Morgan fingerprint density at radius 3 is 2.95 bits per heavy atom. The molecule has 114 valence electrons. The SMILES string of the molecule is COC(=O)CN1C(=O)CSC1c1cnc(-c2ccccc2)[nH]1. The number of carbonyl (C=O) groups excluding carboxylic acids is 2. The van der Waals surface area contributed by atoms with Gasteiger partial charge >= 0.3 is 5.97 Å². The summed E-state index contributed by atoms with van der Waals surface area (Å²) in [6.07, 6.45) is 1.71. The summed E-state index contributed by atoms with van der Waals surface area (Å²) >= 11 is 1.47. The molecule has 1 N–H and O–H groups in total. The molecule has 1 aliphatic rings. The van der Waals surface area contributed by atoms with E-state index in [2.05, 4.69) is 14.7 Å². The third-order valence-electron chi connectivity index (χ3n) is 3.40. The first-order valence-corrected chi connectivity index (χ1v) is 7.82. The van der Waals surface area contributed by atoms with Gasteiger partial charge in [-0.05, 0) is 0 Å². The zero-order valence-electron chi connectivity index (χ0n) is 12.0. The maximum Gasteiger partial charge on any atom is 0.325 e. The molecule has 0 aliphatic carbocycles. The average Bonchev–Trinajstić information content (AvgIpc) is 3.16. The average molecular weight is 317 g/mol. The summed E-state index contributed by atoms with van der Waals surface area (Å²) < 4.78 is 4.65. The minimum atomic E-state index is -0.427. The summed E-state index contributed by atoms with van der Waals surface area (Å²) in [5.74, 6) is 0.593. The monoisotopic (exact) mass is 317 g/mol. The van der Waals surface area contributed by atoms with Gasteiger partial charge in [-0.25, -0.2) is 4.98 Å². The Morgan fingerprint density at radius 2 is 2.23 bits per heavy atom. The second-order valence-electron chi connectivity index (χ2n) is 4.81. The number of thioether (sulfide) groups is 1. The number of H-pyrrole nitrogens is 1. The molecule has 22 heavy (non-hydrogen) atoms. The first-order chi connectivity index (χ1) is 10.7. The molecule has 0 spiro atoms. The first-order valence-electron chi connectivity index (χ1n) is 6.77. The van der Waals surface area contributed by atoms with Crippen LogP contribution in [0, 0.1) is 0 Å². The predicted molar refractivity (Wildman–Crippen MR) is 83.0 cm³/mol. The lowest BCUT2D eigenvalue weighted by Crippen LogP contribution is -2.34. The molecule has 6 nitrogen and oxygen atoms in total. The highest BCUT2D eigenvalue weighted by Gasteiger charge is 2.35. The van der Waals surface area contributed by atoms with Crippen molar-refractivity contribution in [2.45, 2.75) is 5.37 Å². The maximum absolute atomic E-state index is 11.9. The molecule has 1 aromatic heterocycles. The van der Waals surface area contributed by atoms with E-state index in [4.69, 9.17) is 0 Å². The van der Waals surface area contributed by atoms with E-state index < -0.39 is 5.97 Å². The number of methoxy groups -OCH3 is 1. The van der Waals surface area contributed by atoms with E-state index in [0.717, 1.165) is 17.1 Å². The highest BCUT2D eigenvalue weighted by Crippen LogP contribution is 2.38. The highest BCUT2D eigenvalue weighted by atomic mass is 32.2. The Bertz CT molecular complexity index is 686. The Balaban J connectivity index is 1.83. The van der Waals surface area contributed by atoms with Crippen LogP contribution >= 0.6 is 11.8 Å². The van der Waals surface area contributed by atoms with Gasteiger partial charge in [0.2, 0.25) is 5.91 Å². The molecule has 1 unspecified atom stereocenters. The zero-order valence-corrected chi connectivity index (χ0v) is 12.8. The van der Waals surface area contributed by atoms with Crippen molar-refractivity contribution in [3.63, 3.8) is 0 Å². The number of imidazole rings is 1. The number of carbonyl (C=O) groups is 2. The Hall–Kier alpha value is -2.28. The van der Waals surface area contributed by atoms with Crippen LogP contribution < -0.4 is 0 Å². The van der Waals surface area contributed by atoms with Gasteiger partial charge in [-0.2, -0.15) is 0 Å². The number of nitrogens with one attached hydrogen (secondary N) is 1. The molecular formula is C15H15N3O3S. The van der Waals surface area contributed by atoms with Crippen molar-refractivity contribution in [1.29, 1.82) is 0 Å². The summed E-state index contributed by atoms with van der Waals surface area (Å²) in [7, 11) is 1.31.